The number of carbonyl (C=O) groups excluding carboxylic acids is 5. The van der Waals surface area contributed by atoms with Gasteiger partial charge in [-0.15, -0.1) is 0 Å². The van der Waals surface area contributed by atoms with E-state index >= 15 is 0 Å². The second kappa shape index (κ2) is 8.90. The normalized spacial score (nSPS) is 32.3. The number of carbonyl (C=O) groups is 5. The van der Waals surface area contributed by atoms with Crippen LogP contribution < -0.4 is 11.2 Å². The number of phenols is 1. The summed E-state index contributed by atoms with van der Waals surface area (Å²) in [6, 6.07) is 1.88. The number of nitrogens with one attached hydrogen (secondary N) is 1. The molecule has 1 aromatic carbocycles. The summed E-state index contributed by atoms with van der Waals surface area (Å²) in [5, 5.41) is 22.0. The number of hydroxylamine groups is 1. The molecule has 35 heavy (non-hydrogen) atoms. The Bertz CT molecular complexity index is 1130. The van der Waals surface area contributed by atoms with Crippen molar-refractivity contribution in [2.24, 2.45) is 29.4 Å². The first-order valence-electron chi connectivity index (χ1n) is 11.5. The van der Waals surface area contributed by atoms with Crippen LogP contribution in [0, 0.1) is 23.7 Å². The molecule has 2 saturated carbocycles. The molecule has 4 rings (SSSR count). The van der Waals surface area contributed by atoms with E-state index < -0.39 is 64.4 Å². The molecule has 0 spiro atoms. The van der Waals surface area contributed by atoms with Gasteiger partial charge in [0.05, 0.1) is 24.1 Å². The Morgan fingerprint density at radius 1 is 1.23 bits per heavy atom. The smallest absolute Gasteiger partial charge is 0.235 e. The Labute approximate surface area is 201 Å². The maximum absolute atomic E-state index is 13.7. The summed E-state index contributed by atoms with van der Waals surface area (Å²) in [6.07, 6.45) is 0.223. The Morgan fingerprint density at radius 2 is 1.91 bits per heavy atom. The largest absolute Gasteiger partial charge is 0.507 e. The second-order valence-electron chi connectivity index (χ2n) is 9.64. The van der Waals surface area contributed by atoms with Gasteiger partial charge < -0.3 is 20.8 Å². The van der Waals surface area contributed by atoms with Crippen molar-refractivity contribution in [2.45, 2.75) is 38.0 Å². The van der Waals surface area contributed by atoms with Crippen molar-refractivity contribution in [1.82, 2.24) is 10.4 Å². The van der Waals surface area contributed by atoms with E-state index in [0.717, 1.165) is 0 Å². The van der Waals surface area contributed by atoms with Gasteiger partial charge in [-0.2, -0.15) is 5.48 Å². The molecule has 1 amide bonds. The number of nitrogens with two attached hydrogens (primary N) is 1. The van der Waals surface area contributed by atoms with Crippen LogP contribution in [0.3, 0.4) is 0 Å². The van der Waals surface area contributed by atoms with Crippen LogP contribution in [-0.4, -0.2) is 76.5 Å². The fraction of sp³-hybridized carbons (Fsp3) is 0.542. The molecule has 2 unspecified atom stereocenters. The van der Waals surface area contributed by atoms with Crippen molar-refractivity contribution in [1.29, 1.82) is 0 Å². The molecule has 0 aliphatic heterocycles. The number of ketones is 4. The highest BCUT2D eigenvalue weighted by Crippen LogP contribution is 2.50. The lowest BCUT2D eigenvalue weighted by molar-refractivity contribution is -0.181. The number of hydrogen-bond donors (Lipinski definition) is 4. The Hall–Kier alpha value is -2.99. The number of nitrogens with zero attached hydrogens (tertiary/aromatic N) is 1. The molecule has 0 bridgehead atoms. The molecule has 0 heterocycles. The first-order valence-corrected chi connectivity index (χ1v) is 11.5. The number of primary amides is 1. The lowest BCUT2D eigenvalue weighted by Gasteiger charge is -2.52. The van der Waals surface area contributed by atoms with E-state index in [9.17, 15) is 34.2 Å². The highest BCUT2D eigenvalue weighted by atomic mass is 16.6. The lowest BCUT2D eigenvalue weighted by atomic mass is 9.52. The number of Topliss-reactive ketones (excluding diaryl/α,β-unsaturated/α-hetero) is 4. The molecule has 1 aromatic rings. The van der Waals surface area contributed by atoms with E-state index in [1.54, 1.807) is 27.1 Å². The number of fused-ring (bicyclic) bond motifs is 3. The molecule has 5 N–H and O–H groups in total. The molecular weight excluding hydrogens is 458 g/mol. The lowest BCUT2D eigenvalue weighted by Crippen LogP contribution is -2.74. The second-order valence-corrected chi connectivity index (χ2v) is 9.64. The summed E-state index contributed by atoms with van der Waals surface area (Å²) >= 11 is 0. The number of phenolic OH excluding ortho intramolecular Hbond substituents is 1. The van der Waals surface area contributed by atoms with Crippen LogP contribution in [0.15, 0.2) is 12.1 Å². The monoisotopic (exact) mass is 487 g/mol. The van der Waals surface area contributed by atoms with Gasteiger partial charge >= 0.3 is 0 Å². The van der Waals surface area contributed by atoms with Gasteiger partial charge in [-0.05, 0) is 57.0 Å². The number of aromatic hydroxyl groups is 1. The van der Waals surface area contributed by atoms with Crippen LogP contribution in [0.4, 0.5) is 0 Å². The van der Waals surface area contributed by atoms with Crippen molar-refractivity contribution in [2.75, 3.05) is 20.7 Å². The zero-order valence-electron chi connectivity index (χ0n) is 19.7. The first-order chi connectivity index (χ1) is 16.5. The Kier molecular flexibility index (Phi) is 6.39. The first kappa shape index (κ1) is 25.1. The molecule has 11 nitrogen and oxygen atoms in total. The molecule has 0 aromatic heterocycles. The van der Waals surface area contributed by atoms with Gasteiger partial charge in [0.2, 0.25) is 5.91 Å². The fourth-order valence-corrected chi connectivity index (χ4v) is 6.07. The maximum Gasteiger partial charge on any atom is 0.235 e. The summed E-state index contributed by atoms with van der Waals surface area (Å²) in [7, 11) is 3.09. The van der Waals surface area contributed by atoms with Gasteiger partial charge in [0.25, 0.3) is 0 Å². The Balaban J connectivity index is 1.81. The third kappa shape index (κ3) is 3.61. The summed E-state index contributed by atoms with van der Waals surface area (Å²) in [5.41, 5.74) is 6.57. The highest BCUT2D eigenvalue weighted by molar-refractivity contribution is 6.32. The third-order valence-corrected chi connectivity index (χ3v) is 7.55. The topological polar surface area (TPSA) is 176 Å². The SMILES string of the molecule is CCONCc1ccc(O)c2c1C[C@H]1C[C@H]3[C@H](N(C)C)C(=O)C(C(N)=O)C(=O)[C@@]3(O)C(=O)C1C2=O. The van der Waals surface area contributed by atoms with E-state index in [4.69, 9.17) is 10.6 Å². The molecule has 2 fully saturated rings. The van der Waals surface area contributed by atoms with Gasteiger partial charge in [0, 0.05) is 12.5 Å². The molecule has 0 radical (unpaired) electrons. The number of rotatable bonds is 6. The molecule has 0 saturated heterocycles. The van der Waals surface area contributed by atoms with Crippen LogP contribution >= 0.6 is 0 Å². The molecule has 3 aliphatic carbocycles. The van der Waals surface area contributed by atoms with Crippen LogP contribution in [0.5, 0.6) is 5.75 Å². The maximum atomic E-state index is 13.7. The number of hydrogen-bond acceptors (Lipinski definition) is 10. The van der Waals surface area contributed by atoms with Crippen LogP contribution in [0.2, 0.25) is 0 Å². The summed E-state index contributed by atoms with van der Waals surface area (Å²) in [4.78, 5) is 72.2. The molecule has 188 valence electrons. The Morgan fingerprint density at radius 3 is 2.51 bits per heavy atom. The predicted molar refractivity (Wildman–Crippen MR) is 120 cm³/mol. The van der Waals surface area contributed by atoms with E-state index in [-0.39, 0.29) is 30.7 Å². The van der Waals surface area contributed by atoms with Crippen molar-refractivity contribution < 1.29 is 39.0 Å². The minimum Gasteiger partial charge on any atom is -0.507 e. The minimum absolute atomic E-state index is 0.0118. The average Bonchev–Trinajstić information content (AvgIpc) is 2.77. The fourth-order valence-electron chi connectivity index (χ4n) is 6.07. The highest BCUT2D eigenvalue weighted by Gasteiger charge is 2.69. The van der Waals surface area contributed by atoms with Gasteiger partial charge in [0.15, 0.2) is 34.7 Å². The molecule has 6 atom stereocenters. The van der Waals surface area contributed by atoms with Crippen molar-refractivity contribution in [3.63, 3.8) is 0 Å². The van der Waals surface area contributed by atoms with E-state index in [1.807, 2.05) is 0 Å². The summed E-state index contributed by atoms with van der Waals surface area (Å²) < 4.78 is 0. The van der Waals surface area contributed by atoms with Gasteiger partial charge in [-0.3, -0.25) is 28.9 Å². The van der Waals surface area contributed by atoms with Crippen molar-refractivity contribution >= 4 is 29.0 Å². The standard InChI is InChI=1S/C24H29N3O8/c1-4-35-26-9-10-5-6-14(28)16-12(10)7-11-8-13-18(27(2)3)20(30)17(23(25)33)22(32)24(13,34)21(31)15(11)19(16)29/h5-6,11,13,15,17-18,26,28,34H,4,7-9H2,1-3H3,(H2,25,33)/t11-,13-,15?,17?,18-,24-/m0/s1. The minimum atomic E-state index is -2.72. The molecule has 11 heteroatoms. The van der Waals surface area contributed by atoms with E-state index in [1.165, 1.54) is 11.0 Å². The van der Waals surface area contributed by atoms with Crippen molar-refractivity contribution in [3.8, 4) is 5.75 Å². The number of amides is 1. The predicted octanol–water partition coefficient (Wildman–Crippen LogP) is -1.09. The number of likely N-dealkylation sites (N-methyl/N-ethyl adjacent to an activating group) is 1. The van der Waals surface area contributed by atoms with Gasteiger partial charge in [0.1, 0.15) is 5.75 Å². The van der Waals surface area contributed by atoms with Crippen LogP contribution in [0.1, 0.15) is 34.8 Å². The molecular formula is C24H29N3O8. The summed E-state index contributed by atoms with van der Waals surface area (Å²) in [6.45, 7) is 2.47. The number of benzene rings is 1. The van der Waals surface area contributed by atoms with Gasteiger partial charge in [-0.25, -0.2) is 0 Å². The third-order valence-electron chi connectivity index (χ3n) is 7.55. The van der Waals surface area contributed by atoms with Crippen LogP contribution in [0.25, 0.3) is 0 Å². The van der Waals surface area contributed by atoms with Crippen molar-refractivity contribution in [3.05, 3.63) is 28.8 Å². The van der Waals surface area contributed by atoms with E-state index in [2.05, 4.69) is 5.48 Å². The summed E-state index contributed by atoms with van der Waals surface area (Å²) in [5.74, 6) is -10.5. The zero-order valence-corrected chi connectivity index (χ0v) is 19.7. The van der Waals surface area contributed by atoms with Gasteiger partial charge in [-0.1, -0.05) is 6.07 Å². The zero-order chi connectivity index (χ0) is 25.8. The number of aliphatic hydroxyl groups is 1. The molecule has 3 aliphatic rings. The van der Waals surface area contributed by atoms with E-state index in [0.29, 0.717) is 17.7 Å². The quantitative estimate of drug-likeness (QED) is 0.219. The van der Waals surface area contributed by atoms with Crippen LogP contribution in [-0.2, 0) is 37.0 Å². The average molecular weight is 488 g/mol.